The fraction of sp³-hybridized carbons (Fsp3) is 0.0667. The van der Waals surface area contributed by atoms with Crippen molar-refractivity contribution in [2.24, 2.45) is 0 Å². The Morgan fingerprint density at radius 2 is 2.05 bits per heavy atom. The van der Waals surface area contributed by atoms with E-state index in [1.165, 1.54) is 16.7 Å². The molecule has 3 rings (SSSR count). The monoisotopic (exact) mass is 268 g/mol. The molecule has 0 aliphatic carbocycles. The maximum absolute atomic E-state index is 13.3. The topological polar surface area (TPSA) is 58.9 Å². The van der Waals surface area contributed by atoms with Crippen LogP contribution in [0.4, 0.5) is 4.39 Å². The molecule has 0 saturated carbocycles. The van der Waals surface area contributed by atoms with E-state index in [0.29, 0.717) is 16.7 Å². The first-order chi connectivity index (χ1) is 9.69. The summed E-state index contributed by atoms with van der Waals surface area (Å²) in [7, 11) is 0. The number of para-hydroxylation sites is 2. The lowest BCUT2D eigenvalue weighted by Gasteiger charge is -2.03. The van der Waals surface area contributed by atoms with Crippen molar-refractivity contribution in [3.8, 4) is 6.07 Å². The van der Waals surface area contributed by atoms with Gasteiger partial charge in [0.1, 0.15) is 11.9 Å². The number of fused-ring (bicyclic) bond motifs is 1. The number of rotatable bonds is 2. The van der Waals surface area contributed by atoms with Gasteiger partial charge in [-0.3, -0.25) is 4.57 Å². The molecule has 0 aliphatic heterocycles. The minimum absolute atomic E-state index is 0.0386. The zero-order valence-corrected chi connectivity index (χ0v) is 10.3. The number of benzene rings is 2. The van der Waals surface area contributed by atoms with Crippen LogP contribution in [-0.2, 0) is 6.54 Å². The van der Waals surface area contributed by atoms with Crippen LogP contribution < -0.4 is 5.76 Å². The van der Waals surface area contributed by atoms with Gasteiger partial charge in [0.15, 0.2) is 5.58 Å². The third-order valence-electron chi connectivity index (χ3n) is 3.07. The molecule has 5 heteroatoms. The summed E-state index contributed by atoms with van der Waals surface area (Å²) >= 11 is 0. The molecular weight excluding hydrogens is 259 g/mol. The van der Waals surface area contributed by atoms with Crippen molar-refractivity contribution in [1.29, 1.82) is 5.26 Å². The predicted octanol–water partition coefficient (Wildman–Crippen LogP) is 2.65. The lowest BCUT2D eigenvalue weighted by atomic mass is 10.1. The van der Waals surface area contributed by atoms with E-state index >= 15 is 0 Å². The molecule has 0 unspecified atom stereocenters. The highest BCUT2D eigenvalue weighted by atomic mass is 19.1. The highest BCUT2D eigenvalue weighted by Gasteiger charge is 2.10. The first-order valence-corrected chi connectivity index (χ1v) is 5.96. The summed E-state index contributed by atoms with van der Waals surface area (Å²) in [5.41, 5.74) is 1.79. The van der Waals surface area contributed by atoms with Gasteiger partial charge in [-0.1, -0.05) is 18.2 Å². The van der Waals surface area contributed by atoms with Crippen molar-refractivity contribution in [1.82, 2.24) is 4.57 Å². The van der Waals surface area contributed by atoms with Gasteiger partial charge in [-0.15, -0.1) is 0 Å². The Bertz CT molecular complexity index is 887. The van der Waals surface area contributed by atoms with E-state index in [1.54, 1.807) is 36.4 Å². The van der Waals surface area contributed by atoms with Gasteiger partial charge in [0.2, 0.25) is 0 Å². The van der Waals surface area contributed by atoms with Gasteiger partial charge >= 0.3 is 5.76 Å². The average molecular weight is 268 g/mol. The van der Waals surface area contributed by atoms with Gasteiger partial charge in [-0.25, -0.2) is 9.18 Å². The Kier molecular flexibility index (Phi) is 2.84. The molecule has 0 bridgehead atoms. The molecule has 0 spiro atoms. The van der Waals surface area contributed by atoms with Crippen LogP contribution in [0.15, 0.2) is 51.7 Å². The zero-order valence-electron chi connectivity index (χ0n) is 10.3. The highest BCUT2D eigenvalue weighted by Crippen LogP contribution is 2.15. The van der Waals surface area contributed by atoms with Crippen LogP contribution in [0.3, 0.4) is 0 Å². The minimum atomic E-state index is -0.569. The Labute approximate surface area is 113 Å². The number of aromatic nitrogens is 1. The molecule has 0 amide bonds. The number of nitrogens with zero attached hydrogens (tertiary/aromatic N) is 2. The third kappa shape index (κ3) is 1.97. The number of hydrogen-bond donors (Lipinski definition) is 0. The summed E-state index contributed by atoms with van der Waals surface area (Å²) in [6, 6.07) is 13.0. The summed E-state index contributed by atoms with van der Waals surface area (Å²) in [5, 5.41) is 8.82. The number of hydrogen-bond acceptors (Lipinski definition) is 3. The molecule has 20 heavy (non-hydrogen) atoms. The molecule has 1 heterocycles. The Hall–Kier alpha value is -2.87. The fourth-order valence-electron chi connectivity index (χ4n) is 2.10. The second kappa shape index (κ2) is 4.67. The van der Waals surface area contributed by atoms with Crippen molar-refractivity contribution >= 4 is 11.1 Å². The molecule has 0 aliphatic rings. The SMILES string of the molecule is N#Cc1cc(Cn2c(=O)oc3ccccc32)ccc1F. The van der Waals surface area contributed by atoms with E-state index in [9.17, 15) is 9.18 Å². The molecule has 0 radical (unpaired) electrons. The summed E-state index contributed by atoms with van der Waals surface area (Å²) in [6.45, 7) is 0.227. The average Bonchev–Trinajstić information content (AvgIpc) is 2.77. The molecule has 4 nitrogen and oxygen atoms in total. The van der Waals surface area contributed by atoms with E-state index in [-0.39, 0.29) is 12.1 Å². The lowest BCUT2D eigenvalue weighted by molar-refractivity contribution is 0.517. The van der Waals surface area contributed by atoms with E-state index in [2.05, 4.69) is 0 Å². The quantitative estimate of drug-likeness (QED) is 0.718. The van der Waals surface area contributed by atoms with Crippen LogP contribution in [-0.4, -0.2) is 4.57 Å². The summed E-state index contributed by atoms with van der Waals surface area (Å²) in [5.74, 6) is -1.05. The summed E-state index contributed by atoms with van der Waals surface area (Å²) < 4.78 is 19.8. The van der Waals surface area contributed by atoms with Gasteiger partial charge in [-0.2, -0.15) is 5.26 Å². The maximum Gasteiger partial charge on any atom is 0.420 e. The third-order valence-corrected chi connectivity index (χ3v) is 3.07. The van der Waals surface area contributed by atoms with Gasteiger partial charge in [0.05, 0.1) is 17.6 Å². The molecular formula is C15H9FN2O2. The molecule has 3 aromatic rings. The second-order valence-electron chi connectivity index (χ2n) is 4.35. The number of halogens is 1. The van der Waals surface area contributed by atoms with E-state index in [0.717, 1.165) is 0 Å². The van der Waals surface area contributed by atoms with Crippen molar-refractivity contribution in [3.05, 3.63) is 70.0 Å². The van der Waals surface area contributed by atoms with Crippen molar-refractivity contribution in [3.63, 3.8) is 0 Å². The van der Waals surface area contributed by atoms with Crippen molar-refractivity contribution in [2.45, 2.75) is 6.54 Å². The molecule has 0 N–H and O–H groups in total. The van der Waals surface area contributed by atoms with Crippen LogP contribution in [0, 0.1) is 17.1 Å². The van der Waals surface area contributed by atoms with Crippen LogP contribution in [0.25, 0.3) is 11.1 Å². The zero-order chi connectivity index (χ0) is 14.1. The molecule has 0 fully saturated rings. The normalized spacial score (nSPS) is 10.6. The molecule has 98 valence electrons. The van der Waals surface area contributed by atoms with Crippen molar-refractivity contribution < 1.29 is 8.81 Å². The molecule has 0 atom stereocenters. The van der Waals surface area contributed by atoms with Gasteiger partial charge in [-0.05, 0) is 29.8 Å². The fourth-order valence-corrected chi connectivity index (χ4v) is 2.10. The predicted molar refractivity (Wildman–Crippen MR) is 70.7 cm³/mol. The maximum atomic E-state index is 13.3. The van der Waals surface area contributed by atoms with E-state index in [4.69, 9.17) is 9.68 Å². The highest BCUT2D eigenvalue weighted by molar-refractivity contribution is 5.72. The molecule has 1 aromatic heterocycles. The van der Waals surface area contributed by atoms with Crippen LogP contribution in [0.5, 0.6) is 0 Å². The van der Waals surface area contributed by atoms with Crippen molar-refractivity contribution in [2.75, 3.05) is 0 Å². The summed E-state index contributed by atoms with van der Waals surface area (Å²) in [4.78, 5) is 11.8. The van der Waals surface area contributed by atoms with Gasteiger partial charge in [0.25, 0.3) is 0 Å². The molecule has 0 saturated heterocycles. The van der Waals surface area contributed by atoms with Gasteiger partial charge < -0.3 is 4.42 Å². The minimum Gasteiger partial charge on any atom is -0.408 e. The number of oxazole rings is 1. The Morgan fingerprint density at radius 1 is 1.25 bits per heavy atom. The van der Waals surface area contributed by atoms with Crippen LogP contribution >= 0.6 is 0 Å². The van der Waals surface area contributed by atoms with E-state index < -0.39 is 11.6 Å². The standard InChI is InChI=1S/C15H9FN2O2/c16-12-6-5-10(7-11(12)8-17)9-18-13-3-1-2-4-14(13)20-15(18)19/h1-7H,9H2. The number of nitriles is 1. The Balaban J connectivity index is 2.08. The van der Waals surface area contributed by atoms with E-state index in [1.807, 2.05) is 0 Å². The van der Waals surface area contributed by atoms with Crippen LogP contribution in [0.1, 0.15) is 11.1 Å². The smallest absolute Gasteiger partial charge is 0.408 e. The first-order valence-electron chi connectivity index (χ1n) is 5.96. The molecule has 2 aromatic carbocycles. The first kappa shape index (κ1) is 12.2. The Morgan fingerprint density at radius 3 is 2.85 bits per heavy atom. The van der Waals surface area contributed by atoms with Gasteiger partial charge in [0, 0.05) is 0 Å². The summed E-state index contributed by atoms with van der Waals surface area (Å²) in [6.07, 6.45) is 0. The lowest BCUT2D eigenvalue weighted by Crippen LogP contribution is -2.15. The van der Waals surface area contributed by atoms with Crippen LogP contribution in [0.2, 0.25) is 0 Å². The largest absolute Gasteiger partial charge is 0.420 e. The second-order valence-corrected chi connectivity index (χ2v) is 4.35.